The summed E-state index contributed by atoms with van der Waals surface area (Å²) in [5, 5.41) is 7.92. The molecule has 0 aromatic carbocycles. The molecule has 1 rings (SSSR count). The van der Waals surface area contributed by atoms with Crippen molar-refractivity contribution in [2.75, 3.05) is 13.1 Å². The van der Waals surface area contributed by atoms with Gasteiger partial charge < -0.3 is 5.32 Å². The van der Waals surface area contributed by atoms with Gasteiger partial charge in [-0.1, -0.05) is 13.0 Å². The summed E-state index contributed by atoms with van der Waals surface area (Å²) in [6, 6.07) is 0. The monoisotopic (exact) mass is 221 g/mol. The predicted octanol–water partition coefficient (Wildman–Crippen LogP) is 2.23. The molecular formula is C13H23N3. The van der Waals surface area contributed by atoms with Crippen molar-refractivity contribution in [3.63, 3.8) is 0 Å². The normalized spacial score (nSPS) is 10.7. The maximum atomic E-state index is 4.57. The van der Waals surface area contributed by atoms with Gasteiger partial charge in [0, 0.05) is 12.2 Å². The van der Waals surface area contributed by atoms with Gasteiger partial charge in [0.25, 0.3) is 0 Å². The lowest BCUT2D eigenvalue weighted by atomic mass is 10.1. The van der Waals surface area contributed by atoms with Gasteiger partial charge in [-0.15, -0.1) is 6.58 Å². The number of aryl methyl sites for hydroxylation is 2. The lowest BCUT2D eigenvalue weighted by Crippen LogP contribution is -2.16. The van der Waals surface area contributed by atoms with E-state index in [1.54, 1.807) is 0 Å². The van der Waals surface area contributed by atoms with Gasteiger partial charge in [-0.2, -0.15) is 5.10 Å². The summed E-state index contributed by atoms with van der Waals surface area (Å²) in [5.41, 5.74) is 3.86. The van der Waals surface area contributed by atoms with Gasteiger partial charge in [0.15, 0.2) is 0 Å². The van der Waals surface area contributed by atoms with Crippen LogP contribution in [0.5, 0.6) is 0 Å². The van der Waals surface area contributed by atoms with Crippen molar-refractivity contribution in [1.82, 2.24) is 15.1 Å². The van der Waals surface area contributed by atoms with Crippen LogP contribution in [0, 0.1) is 13.8 Å². The fraction of sp³-hybridized carbons (Fsp3) is 0.615. The SMILES string of the molecule is C=CCCn1nc(C)c(CCNCC)c1C. The summed E-state index contributed by atoms with van der Waals surface area (Å²) < 4.78 is 2.10. The third kappa shape index (κ3) is 3.20. The smallest absolute Gasteiger partial charge is 0.0628 e. The summed E-state index contributed by atoms with van der Waals surface area (Å²) in [4.78, 5) is 0. The third-order valence-electron chi connectivity index (χ3n) is 2.88. The highest BCUT2D eigenvalue weighted by molar-refractivity contribution is 5.24. The molecule has 0 aliphatic rings. The lowest BCUT2D eigenvalue weighted by Gasteiger charge is -2.04. The van der Waals surface area contributed by atoms with E-state index in [1.807, 2.05) is 6.08 Å². The van der Waals surface area contributed by atoms with Crippen LogP contribution in [0.1, 0.15) is 30.3 Å². The number of likely N-dealkylation sites (N-methyl/N-ethyl adjacent to an activating group) is 1. The molecule has 3 heteroatoms. The van der Waals surface area contributed by atoms with Crippen LogP contribution in [-0.4, -0.2) is 22.9 Å². The fourth-order valence-corrected chi connectivity index (χ4v) is 1.92. The molecule has 0 aliphatic carbocycles. The second-order valence-corrected chi connectivity index (χ2v) is 4.05. The number of rotatable bonds is 7. The van der Waals surface area contributed by atoms with Gasteiger partial charge in [-0.3, -0.25) is 4.68 Å². The zero-order valence-corrected chi connectivity index (χ0v) is 10.7. The van der Waals surface area contributed by atoms with E-state index in [2.05, 4.69) is 42.4 Å². The minimum Gasteiger partial charge on any atom is -0.317 e. The first kappa shape index (κ1) is 13.0. The molecule has 0 bridgehead atoms. The molecule has 1 heterocycles. The van der Waals surface area contributed by atoms with Crippen LogP contribution in [0.15, 0.2) is 12.7 Å². The fourth-order valence-electron chi connectivity index (χ4n) is 1.92. The standard InChI is InChI=1S/C13H23N3/c1-5-7-10-16-12(4)13(11(3)15-16)8-9-14-6-2/h5,14H,1,6-10H2,2-4H3. The lowest BCUT2D eigenvalue weighted by molar-refractivity contribution is 0.601. The van der Waals surface area contributed by atoms with E-state index in [4.69, 9.17) is 0 Å². The Kier molecular flexibility index (Phi) is 5.26. The molecule has 0 fully saturated rings. The zero-order valence-electron chi connectivity index (χ0n) is 10.7. The third-order valence-corrected chi connectivity index (χ3v) is 2.88. The first-order chi connectivity index (χ1) is 7.70. The molecule has 0 amide bonds. The molecule has 0 spiro atoms. The average Bonchev–Trinajstić information content (AvgIpc) is 2.54. The second kappa shape index (κ2) is 6.48. The Balaban J connectivity index is 2.68. The highest BCUT2D eigenvalue weighted by Crippen LogP contribution is 2.13. The van der Waals surface area contributed by atoms with Gasteiger partial charge in [0.2, 0.25) is 0 Å². The molecule has 16 heavy (non-hydrogen) atoms. The van der Waals surface area contributed by atoms with Crippen molar-refractivity contribution in [1.29, 1.82) is 0 Å². The van der Waals surface area contributed by atoms with Gasteiger partial charge >= 0.3 is 0 Å². The summed E-state index contributed by atoms with van der Waals surface area (Å²) in [5.74, 6) is 0. The highest BCUT2D eigenvalue weighted by Gasteiger charge is 2.09. The summed E-state index contributed by atoms with van der Waals surface area (Å²) in [6.45, 7) is 13.1. The molecule has 0 saturated heterocycles. The van der Waals surface area contributed by atoms with Crippen molar-refractivity contribution in [2.24, 2.45) is 0 Å². The average molecular weight is 221 g/mol. The molecular weight excluding hydrogens is 198 g/mol. The number of nitrogens with zero attached hydrogens (tertiary/aromatic N) is 2. The van der Waals surface area contributed by atoms with Crippen molar-refractivity contribution in [2.45, 2.75) is 40.2 Å². The van der Waals surface area contributed by atoms with E-state index >= 15 is 0 Å². The maximum absolute atomic E-state index is 4.57. The second-order valence-electron chi connectivity index (χ2n) is 4.05. The molecule has 1 aromatic heterocycles. The Labute approximate surface area is 98.5 Å². The van der Waals surface area contributed by atoms with E-state index in [9.17, 15) is 0 Å². The number of hydrogen-bond donors (Lipinski definition) is 1. The minimum atomic E-state index is 0.942. The van der Waals surface area contributed by atoms with Crippen molar-refractivity contribution >= 4 is 0 Å². The van der Waals surface area contributed by atoms with Gasteiger partial charge in [-0.05, 0) is 45.3 Å². The largest absolute Gasteiger partial charge is 0.317 e. The van der Waals surface area contributed by atoms with E-state index in [-0.39, 0.29) is 0 Å². The first-order valence-electron chi connectivity index (χ1n) is 6.05. The molecule has 0 unspecified atom stereocenters. The molecule has 0 aliphatic heterocycles. The Morgan fingerprint density at radius 2 is 2.19 bits per heavy atom. The molecule has 0 saturated carbocycles. The van der Waals surface area contributed by atoms with E-state index < -0.39 is 0 Å². The van der Waals surface area contributed by atoms with Crippen LogP contribution in [0.25, 0.3) is 0 Å². The number of allylic oxidation sites excluding steroid dienone is 1. The molecule has 0 atom stereocenters. The first-order valence-corrected chi connectivity index (χ1v) is 6.05. The van der Waals surface area contributed by atoms with Crippen molar-refractivity contribution in [3.8, 4) is 0 Å². The van der Waals surface area contributed by atoms with Gasteiger partial charge in [0.05, 0.1) is 5.69 Å². The Morgan fingerprint density at radius 1 is 1.44 bits per heavy atom. The Morgan fingerprint density at radius 3 is 2.81 bits per heavy atom. The summed E-state index contributed by atoms with van der Waals surface area (Å²) in [7, 11) is 0. The zero-order chi connectivity index (χ0) is 12.0. The van der Waals surface area contributed by atoms with E-state index in [0.717, 1.165) is 32.5 Å². The van der Waals surface area contributed by atoms with E-state index in [0.29, 0.717) is 0 Å². The van der Waals surface area contributed by atoms with Crippen LogP contribution in [0.4, 0.5) is 0 Å². The quantitative estimate of drug-likeness (QED) is 0.565. The number of aromatic nitrogens is 2. The Bertz CT molecular complexity index is 339. The number of nitrogens with one attached hydrogen (secondary N) is 1. The van der Waals surface area contributed by atoms with E-state index in [1.165, 1.54) is 17.0 Å². The van der Waals surface area contributed by atoms with Gasteiger partial charge in [0.1, 0.15) is 0 Å². The van der Waals surface area contributed by atoms with Crippen LogP contribution in [0.2, 0.25) is 0 Å². The van der Waals surface area contributed by atoms with Crippen LogP contribution in [0.3, 0.4) is 0 Å². The molecule has 90 valence electrons. The Hall–Kier alpha value is -1.09. The highest BCUT2D eigenvalue weighted by atomic mass is 15.3. The van der Waals surface area contributed by atoms with Crippen LogP contribution >= 0.6 is 0 Å². The van der Waals surface area contributed by atoms with Crippen molar-refractivity contribution in [3.05, 3.63) is 29.6 Å². The number of hydrogen-bond acceptors (Lipinski definition) is 2. The maximum Gasteiger partial charge on any atom is 0.0628 e. The van der Waals surface area contributed by atoms with Crippen LogP contribution < -0.4 is 5.32 Å². The predicted molar refractivity (Wildman–Crippen MR) is 68.8 cm³/mol. The van der Waals surface area contributed by atoms with Crippen molar-refractivity contribution < 1.29 is 0 Å². The molecule has 1 aromatic rings. The van der Waals surface area contributed by atoms with Gasteiger partial charge in [-0.25, -0.2) is 0 Å². The minimum absolute atomic E-state index is 0.942. The van der Waals surface area contributed by atoms with Crippen LogP contribution in [-0.2, 0) is 13.0 Å². The summed E-state index contributed by atoms with van der Waals surface area (Å²) >= 11 is 0. The topological polar surface area (TPSA) is 29.9 Å². The molecule has 3 nitrogen and oxygen atoms in total. The molecule has 1 N–H and O–H groups in total. The summed E-state index contributed by atoms with van der Waals surface area (Å²) in [6.07, 6.45) is 3.99. The molecule has 0 radical (unpaired) electrons.